The first-order chi connectivity index (χ1) is 9.92. The van der Waals surface area contributed by atoms with Crippen LogP contribution >= 0.6 is 0 Å². The lowest BCUT2D eigenvalue weighted by atomic mass is 10.1. The van der Waals surface area contributed by atoms with Gasteiger partial charge in [-0.15, -0.1) is 0 Å². The second-order valence-electron chi connectivity index (χ2n) is 5.21. The standard InChI is InChI=1S/C15H18N2O4/c1-3-13(18)16-9-5-4-8(2)12(6-9)17-14(19)10-7-11(10)15(20)21/h4-6,10-11H,3,7H2,1-2H3,(H,16,18)(H,17,19)(H,20,21)/t10-,11+/m1/s1. The Labute approximate surface area is 122 Å². The molecule has 0 aliphatic heterocycles. The Morgan fingerprint density at radius 2 is 1.95 bits per heavy atom. The van der Waals surface area contributed by atoms with Crippen molar-refractivity contribution in [2.45, 2.75) is 26.7 Å². The van der Waals surface area contributed by atoms with Crippen molar-refractivity contribution in [2.24, 2.45) is 11.8 Å². The Balaban J connectivity index is 2.05. The number of anilines is 2. The third-order valence-electron chi connectivity index (χ3n) is 3.54. The van der Waals surface area contributed by atoms with Crippen LogP contribution in [0.1, 0.15) is 25.3 Å². The smallest absolute Gasteiger partial charge is 0.307 e. The third kappa shape index (κ3) is 3.59. The fourth-order valence-electron chi connectivity index (χ4n) is 2.07. The van der Waals surface area contributed by atoms with Gasteiger partial charge in [0.15, 0.2) is 0 Å². The SMILES string of the molecule is CCC(=O)Nc1ccc(C)c(NC(=O)[C@@H]2C[C@@H]2C(=O)O)c1. The molecule has 0 spiro atoms. The Kier molecular flexibility index (Phi) is 4.26. The van der Waals surface area contributed by atoms with E-state index in [1.165, 1.54) is 0 Å². The van der Waals surface area contributed by atoms with Gasteiger partial charge in [0, 0.05) is 17.8 Å². The zero-order valence-electron chi connectivity index (χ0n) is 12.0. The van der Waals surface area contributed by atoms with E-state index in [0.29, 0.717) is 24.2 Å². The van der Waals surface area contributed by atoms with Gasteiger partial charge < -0.3 is 15.7 Å². The van der Waals surface area contributed by atoms with E-state index in [9.17, 15) is 14.4 Å². The van der Waals surface area contributed by atoms with Crippen LogP contribution in [0.25, 0.3) is 0 Å². The van der Waals surface area contributed by atoms with E-state index in [1.807, 2.05) is 6.92 Å². The predicted molar refractivity (Wildman–Crippen MR) is 78.0 cm³/mol. The summed E-state index contributed by atoms with van der Waals surface area (Å²) in [6, 6.07) is 5.23. The molecule has 2 rings (SSSR count). The molecular formula is C15H18N2O4. The zero-order valence-corrected chi connectivity index (χ0v) is 12.0. The Bertz CT molecular complexity index is 597. The summed E-state index contributed by atoms with van der Waals surface area (Å²) in [7, 11) is 0. The van der Waals surface area contributed by atoms with Crippen LogP contribution in [0.15, 0.2) is 18.2 Å². The van der Waals surface area contributed by atoms with Crippen LogP contribution in [0.2, 0.25) is 0 Å². The normalized spacial score (nSPS) is 19.7. The molecule has 21 heavy (non-hydrogen) atoms. The van der Waals surface area contributed by atoms with Crippen LogP contribution in [0.4, 0.5) is 11.4 Å². The van der Waals surface area contributed by atoms with Crippen molar-refractivity contribution < 1.29 is 19.5 Å². The van der Waals surface area contributed by atoms with Crippen LogP contribution in [0, 0.1) is 18.8 Å². The van der Waals surface area contributed by atoms with Crippen LogP contribution < -0.4 is 10.6 Å². The summed E-state index contributed by atoms with van der Waals surface area (Å²) in [5.41, 5.74) is 2.05. The fraction of sp³-hybridized carbons (Fsp3) is 0.400. The van der Waals surface area contributed by atoms with E-state index in [4.69, 9.17) is 5.11 Å². The number of carbonyl (C=O) groups excluding carboxylic acids is 2. The first-order valence-corrected chi connectivity index (χ1v) is 6.86. The van der Waals surface area contributed by atoms with E-state index < -0.39 is 17.8 Å². The maximum absolute atomic E-state index is 12.0. The molecule has 0 unspecified atom stereocenters. The van der Waals surface area contributed by atoms with Crippen molar-refractivity contribution in [3.63, 3.8) is 0 Å². The molecule has 1 aromatic carbocycles. The summed E-state index contributed by atoms with van der Waals surface area (Å²) >= 11 is 0. The summed E-state index contributed by atoms with van der Waals surface area (Å²) in [5, 5.41) is 14.3. The molecule has 1 saturated carbocycles. The van der Waals surface area contributed by atoms with Crippen LogP contribution in [-0.2, 0) is 14.4 Å². The average Bonchev–Trinajstić information content (AvgIpc) is 3.23. The molecule has 0 heterocycles. The second-order valence-corrected chi connectivity index (χ2v) is 5.21. The highest BCUT2D eigenvalue weighted by Gasteiger charge is 2.48. The minimum Gasteiger partial charge on any atom is -0.481 e. The largest absolute Gasteiger partial charge is 0.481 e. The minimum absolute atomic E-state index is 0.107. The third-order valence-corrected chi connectivity index (χ3v) is 3.54. The number of aliphatic carboxylic acids is 1. The summed E-state index contributed by atoms with van der Waals surface area (Å²) in [6.07, 6.45) is 0.754. The van der Waals surface area contributed by atoms with Crippen molar-refractivity contribution in [1.82, 2.24) is 0 Å². The van der Waals surface area contributed by atoms with Gasteiger partial charge in [-0.05, 0) is 31.0 Å². The van der Waals surface area contributed by atoms with Gasteiger partial charge >= 0.3 is 5.97 Å². The van der Waals surface area contributed by atoms with Gasteiger partial charge in [0.25, 0.3) is 0 Å². The highest BCUT2D eigenvalue weighted by atomic mass is 16.4. The molecule has 2 atom stereocenters. The number of hydrogen-bond acceptors (Lipinski definition) is 3. The van der Waals surface area contributed by atoms with Crippen molar-refractivity contribution in [3.8, 4) is 0 Å². The number of carboxylic acids is 1. The molecule has 1 fully saturated rings. The first-order valence-electron chi connectivity index (χ1n) is 6.86. The van der Waals surface area contributed by atoms with Crippen molar-refractivity contribution in [3.05, 3.63) is 23.8 Å². The molecule has 0 radical (unpaired) electrons. The molecule has 6 heteroatoms. The van der Waals surface area contributed by atoms with E-state index in [2.05, 4.69) is 10.6 Å². The molecule has 3 N–H and O–H groups in total. The van der Waals surface area contributed by atoms with Gasteiger partial charge in [-0.2, -0.15) is 0 Å². The van der Waals surface area contributed by atoms with Crippen molar-refractivity contribution in [1.29, 1.82) is 0 Å². The molecule has 1 aliphatic rings. The van der Waals surface area contributed by atoms with E-state index in [1.54, 1.807) is 25.1 Å². The highest BCUT2D eigenvalue weighted by molar-refractivity contribution is 5.99. The predicted octanol–water partition coefficient (Wildman–Crippen LogP) is 2.00. The lowest BCUT2D eigenvalue weighted by Crippen LogP contribution is -2.18. The van der Waals surface area contributed by atoms with Crippen LogP contribution in [0.3, 0.4) is 0 Å². The number of benzene rings is 1. The molecular weight excluding hydrogens is 272 g/mol. The molecule has 0 bridgehead atoms. The quantitative estimate of drug-likeness (QED) is 0.773. The molecule has 1 aromatic rings. The summed E-state index contributed by atoms with van der Waals surface area (Å²) in [5.74, 6) is -2.37. The lowest BCUT2D eigenvalue weighted by Gasteiger charge is -2.11. The Hall–Kier alpha value is -2.37. The van der Waals surface area contributed by atoms with Crippen LogP contribution in [0.5, 0.6) is 0 Å². The molecule has 1 aliphatic carbocycles. The molecule has 0 saturated heterocycles. The molecule has 6 nitrogen and oxygen atoms in total. The maximum Gasteiger partial charge on any atom is 0.307 e. The second kappa shape index (κ2) is 5.95. The number of nitrogens with one attached hydrogen (secondary N) is 2. The van der Waals surface area contributed by atoms with E-state index >= 15 is 0 Å². The van der Waals surface area contributed by atoms with Gasteiger partial charge in [-0.3, -0.25) is 14.4 Å². The number of hydrogen-bond donors (Lipinski definition) is 3. The number of carbonyl (C=O) groups is 3. The Morgan fingerprint density at radius 3 is 2.52 bits per heavy atom. The van der Waals surface area contributed by atoms with Crippen molar-refractivity contribution >= 4 is 29.2 Å². The molecule has 2 amide bonds. The fourth-order valence-corrected chi connectivity index (χ4v) is 2.07. The van der Waals surface area contributed by atoms with Gasteiger partial charge in [0.1, 0.15) is 0 Å². The van der Waals surface area contributed by atoms with Gasteiger partial charge in [-0.25, -0.2) is 0 Å². The number of aryl methyl sites for hydroxylation is 1. The summed E-state index contributed by atoms with van der Waals surface area (Å²) in [4.78, 5) is 34.1. The maximum atomic E-state index is 12.0. The average molecular weight is 290 g/mol. The lowest BCUT2D eigenvalue weighted by molar-refractivity contribution is -0.139. The van der Waals surface area contributed by atoms with E-state index in [0.717, 1.165) is 5.56 Å². The monoisotopic (exact) mass is 290 g/mol. The van der Waals surface area contributed by atoms with Gasteiger partial charge in [0.2, 0.25) is 11.8 Å². The van der Waals surface area contributed by atoms with Crippen LogP contribution in [-0.4, -0.2) is 22.9 Å². The summed E-state index contributed by atoms with van der Waals surface area (Å²) in [6.45, 7) is 3.59. The van der Waals surface area contributed by atoms with Crippen molar-refractivity contribution in [2.75, 3.05) is 10.6 Å². The highest BCUT2D eigenvalue weighted by Crippen LogP contribution is 2.39. The summed E-state index contributed by atoms with van der Waals surface area (Å²) < 4.78 is 0. The number of rotatable bonds is 5. The minimum atomic E-state index is -0.934. The van der Waals surface area contributed by atoms with Gasteiger partial charge in [-0.1, -0.05) is 13.0 Å². The van der Waals surface area contributed by atoms with E-state index in [-0.39, 0.29) is 11.8 Å². The molecule has 0 aromatic heterocycles. The number of amides is 2. The first kappa shape index (κ1) is 15.0. The topological polar surface area (TPSA) is 95.5 Å². The van der Waals surface area contributed by atoms with Gasteiger partial charge in [0.05, 0.1) is 11.8 Å². The Morgan fingerprint density at radius 1 is 1.24 bits per heavy atom. The number of carboxylic acid groups (broad SMARTS) is 1. The zero-order chi connectivity index (χ0) is 15.6. The molecule has 112 valence electrons.